The number of esters is 1. The topological polar surface area (TPSA) is 90.0 Å². The lowest BCUT2D eigenvalue weighted by atomic mass is 9.96. The van der Waals surface area contributed by atoms with Gasteiger partial charge in [-0.15, -0.1) is 0 Å². The van der Waals surface area contributed by atoms with Crippen molar-refractivity contribution in [3.05, 3.63) is 53.6 Å². The third kappa shape index (κ3) is 4.17. The van der Waals surface area contributed by atoms with Crippen LogP contribution in [-0.4, -0.2) is 39.9 Å². The fraction of sp³-hybridized carbons (Fsp3) is 0.391. The monoisotopic (exact) mass is 443 g/mol. The Morgan fingerprint density at radius 2 is 1.87 bits per heavy atom. The number of Topliss-reactive ketones (excluding diaryl/α,β-unsaturated/α-hetero) is 1. The van der Waals surface area contributed by atoms with Gasteiger partial charge in [-0.2, -0.15) is 0 Å². The van der Waals surface area contributed by atoms with Gasteiger partial charge in [0.15, 0.2) is 11.9 Å². The Bertz CT molecular complexity index is 1110. The highest BCUT2D eigenvalue weighted by Crippen LogP contribution is 2.35. The van der Waals surface area contributed by atoms with Crippen LogP contribution in [0.4, 0.5) is 5.69 Å². The van der Waals surface area contributed by atoms with Gasteiger partial charge in [0, 0.05) is 13.0 Å². The van der Waals surface area contributed by atoms with E-state index in [-0.39, 0.29) is 22.0 Å². The molecule has 0 spiro atoms. The normalized spacial score (nSPS) is 18.9. The molecule has 0 amide bonds. The van der Waals surface area contributed by atoms with Crippen LogP contribution in [0.25, 0.3) is 0 Å². The Balaban J connectivity index is 1.68. The van der Waals surface area contributed by atoms with E-state index in [1.807, 2.05) is 12.1 Å². The molecular weight excluding hydrogens is 418 g/mol. The van der Waals surface area contributed by atoms with Crippen molar-refractivity contribution in [2.24, 2.45) is 0 Å². The zero-order chi connectivity index (χ0) is 22.0. The van der Waals surface area contributed by atoms with Gasteiger partial charge in [0.25, 0.3) is 10.0 Å². The maximum Gasteiger partial charge on any atom is 0.338 e. The number of hydrogen-bond donors (Lipinski definition) is 0. The van der Waals surface area contributed by atoms with Gasteiger partial charge in [-0.25, -0.2) is 13.2 Å². The second kappa shape index (κ2) is 8.70. The van der Waals surface area contributed by atoms with Crippen LogP contribution in [0.3, 0.4) is 0 Å². The summed E-state index contributed by atoms with van der Waals surface area (Å²) >= 11 is 0. The van der Waals surface area contributed by atoms with Crippen LogP contribution in [0.5, 0.6) is 5.75 Å². The molecule has 0 unspecified atom stereocenters. The van der Waals surface area contributed by atoms with E-state index < -0.39 is 22.1 Å². The largest absolute Gasteiger partial charge is 0.495 e. The molecule has 8 heteroatoms. The molecule has 1 aliphatic carbocycles. The van der Waals surface area contributed by atoms with Gasteiger partial charge in [-0.1, -0.05) is 18.2 Å². The molecule has 0 radical (unpaired) electrons. The average molecular weight is 444 g/mol. The predicted molar refractivity (Wildman–Crippen MR) is 115 cm³/mol. The number of carbonyl (C=O) groups excluding carboxylic acids is 2. The van der Waals surface area contributed by atoms with E-state index in [1.165, 1.54) is 29.6 Å². The minimum Gasteiger partial charge on any atom is -0.495 e. The number of methoxy groups -OCH3 is 1. The molecule has 0 aromatic heterocycles. The summed E-state index contributed by atoms with van der Waals surface area (Å²) in [4.78, 5) is 24.6. The number of benzene rings is 2. The lowest BCUT2D eigenvalue weighted by Gasteiger charge is -2.31. The second-order valence-electron chi connectivity index (χ2n) is 7.78. The summed E-state index contributed by atoms with van der Waals surface area (Å²) in [6.07, 6.45) is 3.25. The first-order valence-electron chi connectivity index (χ1n) is 10.4. The molecule has 7 nitrogen and oxygen atoms in total. The van der Waals surface area contributed by atoms with Gasteiger partial charge in [-0.05, 0) is 61.9 Å². The summed E-state index contributed by atoms with van der Waals surface area (Å²) in [5.74, 6) is -0.655. The second-order valence-corrected chi connectivity index (χ2v) is 9.61. The number of rotatable bonds is 5. The van der Waals surface area contributed by atoms with Crippen molar-refractivity contribution in [1.82, 2.24) is 0 Å². The quantitative estimate of drug-likeness (QED) is 0.657. The third-order valence-electron chi connectivity index (χ3n) is 5.78. The zero-order valence-electron chi connectivity index (χ0n) is 17.4. The highest BCUT2D eigenvalue weighted by Gasteiger charge is 2.33. The molecule has 1 atom stereocenters. The average Bonchev–Trinajstić information content (AvgIpc) is 2.79. The van der Waals surface area contributed by atoms with Crippen molar-refractivity contribution in [3.8, 4) is 5.75 Å². The van der Waals surface area contributed by atoms with Crippen molar-refractivity contribution in [3.63, 3.8) is 0 Å². The van der Waals surface area contributed by atoms with Crippen molar-refractivity contribution in [1.29, 1.82) is 0 Å². The van der Waals surface area contributed by atoms with Crippen molar-refractivity contribution < 1.29 is 27.5 Å². The number of carbonyl (C=O) groups is 2. The van der Waals surface area contributed by atoms with Crippen LogP contribution in [0.15, 0.2) is 47.4 Å². The summed E-state index contributed by atoms with van der Waals surface area (Å²) in [5, 5.41) is 0. The summed E-state index contributed by atoms with van der Waals surface area (Å²) in [6.45, 7) is 0.341. The van der Waals surface area contributed by atoms with Gasteiger partial charge in [0.05, 0.1) is 18.4 Å². The smallest absolute Gasteiger partial charge is 0.338 e. The third-order valence-corrected chi connectivity index (χ3v) is 7.62. The number of sulfonamides is 1. The Labute approximate surface area is 182 Å². The molecule has 1 aliphatic heterocycles. The first-order chi connectivity index (χ1) is 14.9. The van der Waals surface area contributed by atoms with Crippen LogP contribution in [0.1, 0.15) is 48.0 Å². The minimum absolute atomic E-state index is 0.0723. The number of ether oxygens (including phenoxy) is 2. The molecule has 1 heterocycles. The van der Waals surface area contributed by atoms with E-state index in [2.05, 4.69) is 0 Å². The minimum atomic E-state index is -3.98. The van der Waals surface area contributed by atoms with Crippen LogP contribution in [-0.2, 0) is 26.0 Å². The molecular formula is C23H25NO6S. The van der Waals surface area contributed by atoms with Gasteiger partial charge < -0.3 is 9.47 Å². The Hall–Kier alpha value is -2.87. The molecule has 1 saturated carbocycles. The summed E-state index contributed by atoms with van der Waals surface area (Å²) in [5.41, 5.74) is 1.67. The highest BCUT2D eigenvalue weighted by atomic mass is 32.2. The van der Waals surface area contributed by atoms with Crippen LogP contribution >= 0.6 is 0 Å². The Morgan fingerprint density at radius 3 is 2.65 bits per heavy atom. The Morgan fingerprint density at radius 1 is 1.06 bits per heavy atom. The molecule has 31 heavy (non-hydrogen) atoms. The van der Waals surface area contributed by atoms with Crippen molar-refractivity contribution in [2.45, 2.75) is 49.5 Å². The number of ketones is 1. The molecule has 2 aromatic carbocycles. The van der Waals surface area contributed by atoms with Crippen LogP contribution in [0, 0.1) is 0 Å². The molecule has 1 fully saturated rings. The van der Waals surface area contributed by atoms with Gasteiger partial charge in [0.2, 0.25) is 0 Å². The van der Waals surface area contributed by atoms with Crippen molar-refractivity contribution >= 4 is 27.5 Å². The molecule has 0 N–H and O–H groups in total. The van der Waals surface area contributed by atoms with Gasteiger partial charge in [-0.3, -0.25) is 9.10 Å². The summed E-state index contributed by atoms with van der Waals surface area (Å²) in [6, 6.07) is 11.6. The Kier molecular flexibility index (Phi) is 6.00. The maximum atomic E-state index is 13.6. The van der Waals surface area contributed by atoms with E-state index in [9.17, 15) is 18.0 Å². The fourth-order valence-corrected chi connectivity index (χ4v) is 5.87. The van der Waals surface area contributed by atoms with Crippen LogP contribution < -0.4 is 9.04 Å². The van der Waals surface area contributed by atoms with Gasteiger partial charge in [0.1, 0.15) is 10.6 Å². The first-order valence-corrected chi connectivity index (χ1v) is 11.9. The molecule has 2 aliphatic rings. The maximum absolute atomic E-state index is 13.6. The number of fused-ring (bicyclic) bond motifs is 1. The number of anilines is 1. The molecule has 2 aromatic rings. The van der Waals surface area contributed by atoms with E-state index in [4.69, 9.17) is 9.47 Å². The van der Waals surface area contributed by atoms with E-state index in [0.29, 0.717) is 31.5 Å². The summed E-state index contributed by atoms with van der Waals surface area (Å²) in [7, 11) is -2.60. The number of hydrogen-bond acceptors (Lipinski definition) is 6. The molecule has 164 valence electrons. The predicted octanol–water partition coefficient (Wildman–Crippen LogP) is 3.51. The molecule has 0 bridgehead atoms. The van der Waals surface area contributed by atoms with E-state index >= 15 is 0 Å². The lowest BCUT2D eigenvalue weighted by Crippen LogP contribution is -2.35. The molecule has 0 saturated heterocycles. The van der Waals surface area contributed by atoms with Crippen LogP contribution in [0.2, 0.25) is 0 Å². The van der Waals surface area contributed by atoms with E-state index in [1.54, 1.807) is 12.1 Å². The number of nitrogens with zero attached hydrogens (tertiary/aromatic N) is 1. The standard InChI is InChI=1S/C23H25NO6S/c1-29-21-13-12-17(23(26)30-20-11-5-4-10-19(20)25)15-22(21)31(27,28)24-14-6-8-16-7-2-3-9-18(16)24/h2-3,7,9,12-13,15,20H,4-6,8,10-11,14H2,1H3/t20-/m0/s1. The fourth-order valence-electron chi connectivity index (χ4n) is 4.15. The van der Waals surface area contributed by atoms with E-state index in [0.717, 1.165) is 24.8 Å². The summed E-state index contributed by atoms with van der Waals surface area (Å²) < 4.78 is 39.2. The zero-order valence-corrected chi connectivity index (χ0v) is 18.2. The SMILES string of the molecule is COc1ccc(C(=O)O[C@H]2CCCCC2=O)cc1S(=O)(=O)N1CCCc2ccccc21. The molecule has 4 rings (SSSR count). The van der Waals surface area contributed by atoms with Crippen molar-refractivity contribution in [2.75, 3.05) is 18.0 Å². The number of para-hydroxylation sites is 1. The van der Waals surface area contributed by atoms with Gasteiger partial charge >= 0.3 is 5.97 Å². The highest BCUT2D eigenvalue weighted by molar-refractivity contribution is 7.93. The number of aryl methyl sites for hydroxylation is 1. The lowest BCUT2D eigenvalue weighted by molar-refractivity contribution is -0.129. The first kappa shape index (κ1) is 21.4.